The Kier molecular flexibility index (Phi) is 4.06. The summed E-state index contributed by atoms with van der Waals surface area (Å²) in [7, 11) is 0. The molecule has 1 aromatic carbocycles. The summed E-state index contributed by atoms with van der Waals surface area (Å²) in [5.74, 6) is 0.299. The Morgan fingerprint density at radius 2 is 2.05 bits per heavy atom. The van der Waals surface area contributed by atoms with Crippen LogP contribution >= 0.6 is 11.6 Å². The number of rotatable bonds is 4. The standard InChI is InChI=1S/C13H9ClN2O3/c14-12-6-5-11(19-12)13(17)16-9-1-3-10(4-2-9)18-8-7-15/h1-6H,8H2,(H,16,17). The summed E-state index contributed by atoms with van der Waals surface area (Å²) in [5.41, 5.74) is 0.585. The number of amides is 1. The van der Waals surface area contributed by atoms with Crippen molar-refractivity contribution in [3.8, 4) is 11.8 Å². The number of carbonyl (C=O) groups is 1. The highest BCUT2D eigenvalue weighted by atomic mass is 35.5. The number of nitriles is 1. The lowest BCUT2D eigenvalue weighted by atomic mass is 10.3. The minimum absolute atomic E-state index is 0.0173. The maximum atomic E-state index is 11.7. The van der Waals surface area contributed by atoms with E-state index in [1.807, 2.05) is 6.07 Å². The van der Waals surface area contributed by atoms with Crippen LogP contribution < -0.4 is 10.1 Å². The van der Waals surface area contributed by atoms with Gasteiger partial charge in [-0.05, 0) is 48.0 Å². The predicted octanol–water partition coefficient (Wildman–Crippen LogP) is 3.09. The van der Waals surface area contributed by atoms with Crippen LogP contribution in [0.1, 0.15) is 10.6 Å². The van der Waals surface area contributed by atoms with Gasteiger partial charge in [-0.1, -0.05) is 0 Å². The number of nitrogens with one attached hydrogen (secondary N) is 1. The number of nitrogens with zero attached hydrogens (tertiary/aromatic N) is 1. The number of anilines is 1. The fourth-order valence-corrected chi connectivity index (χ4v) is 1.53. The average Bonchev–Trinajstić information content (AvgIpc) is 2.85. The van der Waals surface area contributed by atoms with Crippen LogP contribution in [0.5, 0.6) is 5.75 Å². The molecule has 0 atom stereocenters. The Morgan fingerprint density at radius 1 is 1.32 bits per heavy atom. The smallest absolute Gasteiger partial charge is 0.291 e. The van der Waals surface area contributed by atoms with Crippen LogP contribution in [0.15, 0.2) is 40.8 Å². The molecule has 5 nitrogen and oxygen atoms in total. The van der Waals surface area contributed by atoms with Crippen LogP contribution in [-0.4, -0.2) is 12.5 Å². The lowest BCUT2D eigenvalue weighted by Crippen LogP contribution is -2.10. The summed E-state index contributed by atoms with van der Waals surface area (Å²) in [6, 6.07) is 11.5. The van der Waals surface area contributed by atoms with Gasteiger partial charge < -0.3 is 14.5 Å². The van der Waals surface area contributed by atoms with Crippen molar-refractivity contribution >= 4 is 23.2 Å². The summed E-state index contributed by atoms with van der Waals surface area (Å²) in [6.07, 6.45) is 0. The molecule has 0 aliphatic heterocycles. The molecule has 6 heteroatoms. The van der Waals surface area contributed by atoms with Crippen LogP contribution in [-0.2, 0) is 0 Å². The van der Waals surface area contributed by atoms with Gasteiger partial charge >= 0.3 is 0 Å². The molecule has 0 saturated carbocycles. The van der Waals surface area contributed by atoms with Gasteiger partial charge in [-0.15, -0.1) is 0 Å². The Bertz CT molecular complexity index is 614. The quantitative estimate of drug-likeness (QED) is 0.931. The van der Waals surface area contributed by atoms with Gasteiger partial charge in [0, 0.05) is 5.69 Å². The van der Waals surface area contributed by atoms with Crippen molar-refractivity contribution < 1.29 is 13.9 Å². The van der Waals surface area contributed by atoms with Crippen molar-refractivity contribution in [3.05, 3.63) is 47.4 Å². The van der Waals surface area contributed by atoms with E-state index in [0.717, 1.165) is 0 Å². The molecular formula is C13H9ClN2O3. The fraction of sp³-hybridized carbons (Fsp3) is 0.0769. The number of halogens is 1. The van der Waals surface area contributed by atoms with Gasteiger partial charge in [0.25, 0.3) is 5.91 Å². The number of carbonyl (C=O) groups excluding carboxylic acids is 1. The van der Waals surface area contributed by atoms with E-state index in [4.69, 9.17) is 26.0 Å². The highest BCUT2D eigenvalue weighted by Gasteiger charge is 2.10. The van der Waals surface area contributed by atoms with Crippen molar-refractivity contribution in [1.29, 1.82) is 5.26 Å². The zero-order valence-corrected chi connectivity index (χ0v) is 10.5. The Hall–Kier alpha value is -2.45. The summed E-state index contributed by atoms with van der Waals surface area (Å²) in [4.78, 5) is 11.7. The first kappa shape index (κ1) is 13.0. The molecule has 0 fully saturated rings. The molecule has 2 aromatic rings. The maximum absolute atomic E-state index is 11.7. The van der Waals surface area contributed by atoms with Gasteiger partial charge in [0.15, 0.2) is 17.6 Å². The van der Waals surface area contributed by atoms with E-state index in [1.54, 1.807) is 24.3 Å². The van der Waals surface area contributed by atoms with E-state index in [-0.39, 0.29) is 17.6 Å². The van der Waals surface area contributed by atoms with Crippen molar-refractivity contribution in [1.82, 2.24) is 0 Å². The third kappa shape index (κ3) is 3.50. The molecule has 1 heterocycles. The molecular weight excluding hydrogens is 268 g/mol. The van der Waals surface area contributed by atoms with Crippen molar-refractivity contribution in [2.75, 3.05) is 11.9 Å². The van der Waals surface area contributed by atoms with Crippen LogP contribution in [0.4, 0.5) is 5.69 Å². The number of benzene rings is 1. The summed E-state index contributed by atoms with van der Waals surface area (Å²) < 4.78 is 10.1. The van der Waals surface area contributed by atoms with Crippen LogP contribution in [0.25, 0.3) is 0 Å². The molecule has 2 rings (SSSR count). The topological polar surface area (TPSA) is 75.3 Å². The van der Waals surface area contributed by atoms with E-state index in [0.29, 0.717) is 11.4 Å². The minimum atomic E-state index is -0.391. The molecule has 0 bridgehead atoms. The van der Waals surface area contributed by atoms with Crippen molar-refractivity contribution in [2.45, 2.75) is 0 Å². The molecule has 0 aliphatic carbocycles. The minimum Gasteiger partial charge on any atom is -0.479 e. The third-order valence-corrected chi connectivity index (χ3v) is 2.42. The molecule has 0 unspecified atom stereocenters. The normalized spacial score (nSPS) is 9.68. The highest BCUT2D eigenvalue weighted by molar-refractivity contribution is 6.29. The molecule has 1 N–H and O–H groups in total. The lowest BCUT2D eigenvalue weighted by molar-refractivity contribution is 0.0997. The molecule has 1 aromatic heterocycles. The molecule has 96 valence electrons. The summed E-state index contributed by atoms with van der Waals surface area (Å²) >= 11 is 5.59. The molecule has 0 radical (unpaired) electrons. The van der Waals surface area contributed by atoms with Gasteiger partial charge in [0.2, 0.25) is 0 Å². The number of hydrogen-bond donors (Lipinski definition) is 1. The molecule has 0 spiro atoms. The van der Waals surface area contributed by atoms with E-state index >= 15 is 0 Å². The Labute approximate surface area is 114 Å². The third-order valence-electron chi connectivity index (χ3n) is 2.21. The summed E-state index contributed by atoms with van der Waals surface area (Å²) in [5, 5.41) is 11.2. The average molecular weight is 277 g/mol. The molecule has 1 amide bonds. The van der Waals surface area contributed by atoms with E-state index in [9.17, 15) is 4.79 Å². The molecule has 19 heavy (non-hydrogen) atoms. The first-order chi connectivity index (χ1) is 9.19. The van der Waals surface area contributed by atoms with Crippen molar-refractivity contribution in [2.24, 2.45) is 0 Å². The van der Waals surface area contributed by atoms with Crippen LogP contribution in [0.3, 0.4) is 0 Å². The Balaban J connectivity index is 2.00. The van der Waals surface area contributed by atoms with Gasteiger partial charge in [-0.2, -0.15) is 5.26 Å². The van der Waals surface area contributed by atoms with Gasteiger partial charge in [-0.25, -0.2) is 0 Å². The second kappa shape index (κ2) is 5.94. The zero-order valence-electron chi connectivity index (χ0n) is 9.72. The largest absolute Gasteiger partial charge is 0.479 e. The molecule has 0 saturated heterocycles. The van der Waals surface area contributed by atoms with Crippen molar-refractivity contribution in [3.63, 3.8) is 0 Å². The van der Waals surface area contributed by atoms with Crippen LogP contribution in [0, 0.1) is 11.3 Å². The van der Waals surface area contributed by atoms with Gasteiger partial charge in [0.05, 0.1) is 0 Å². The predicted molar refractivity (Wildman–Crippen MR) is 69.2 cm³/mol. The number of ether oxygens (including phenoxy) is 1. The van der Waals surface area contributed by atoms with Crippen LogP contribution in [0.2, 0.25) is 5.22 Å². The van der Waals surface area contributed by atoms with E-state index < -0.39 is 5.91 Å². The monoisotopic (exact) mass is 276 g/mol. The highest BCUT2D eigenvalue weighted by Crippen LogP contribution is 2.18. The summed E-state index contributed by atoms with van der Waals surface area (Å²) in [6.45, 7) is -0.0173. The van der Waals surface area contributed by atoms with E-state index in [2.05, 4.69) is 5.32 Å². The van der Waals surface area contributed by atoms with E-state index in [1.165, 1.54) is 12.1 Å². The number of hydrogen-bond acceptors (Lipinski definition) is 4. The second-order valence-electron chi connectivity index (χ2n) is 3.53. The first-order valence-electron chi connectivity index (χ1n) is 5.35. The van der Waals surface area contributed by atoms with Gasteiger partial charge in [-0.3, -0.25) is 4.79 Å². The molecule has 0 aliphatic rings. The Morgan fingerprint density at radius 3 is 2.63 bits per heavy atom. The first-order valence-corrected chi connectivity index (χ1v) is 5.73. The second-order valence-corrected chi connectivity index (χ2v) is 3.90. The lowest BCUT2D eigenvalue weighted by Gasteiger charge is -2.05. The van der Waals surface area contributed by atoms with Gasteiger partial charge in [0.1, 0.15) is 11.8 Å². The fourth-order valence-electron chi connectivity index (χ4n) is 1.38. The maximum Gasteiger partial charge on any atom is 0.291 e. The SMILES string of the molecule is N#CCOc1ccc(NC(=O)c2ccc(Cl)o2)cc1. The zero-order chi connectivity index (χ0) is 13.7. The number of furan rings is 1.